The Morgan fingerprint density at radius 1 is 1.16 bits per heavy atom. The highest BCUT2D eigenvalue weighted by Gasteiger charge is 2.30. The Hall–Kier alpha value is -0.550. The van der Waals surface area contributed by atoms with Gasteiger partial charge in [-0.1, -0.05) is 35.2 Å². The fraction of sp³-hybridized carbons (Fsp3) is 0.571. The molecule has 0 radical (unpaired) electrons. The molecule has 1 aromatic carbocycles. The maximum absolute atomic E-state index is 12.7. The third-order valence-electron chi connectivity index (χ3n) is 3.56. The lowest BCUT2D eigenvalue weighted by Crippen LogP contribution is -2.30. The van der Waals surface area contributed by atoms with Crippen LogP contribution in [0, 0.1) is 0 Å². The second-order valence-corrected chi connectivity index (χ2v) is 5.87. The van der Waals surface area contributed by atoms with E-state index in [4.69, 9.17) is 0 Å². The Bertz CT molecular complexity index is 425. The average molecular weight is 336 g/mol. The normalized spacial score (nSPS) is 17.7. The largest absolute Gasteiger partial charge is 0.416 e. The summed E-state index contributed by atoms with van der Waals surface area (Å²) in [6.07, 6.45) is 1.65. The predicted octanol–water partition coefficient (Wildman–Crippen LogP) is 4.89. The number of halogens is 4. The molecule has 19 heavy (non-hydrogen) atoms. The standard InChI is InChI=1S/C14H17BrF3N/c15-13-7-6-11(14(16,17)18)8-10(13)9-19-12-4-2-1-3-5-12/h6-8,12,19H,1-5,9H2. The zero-order chi connectivity index (χ0) is 13.9. The highest BCUT2D eigenvalue weighted by molar-refractivity contribution is 9.10. The summed E-state index contributed by atoms with van der Waals surface area (Å²) in [5.41, 5.74) is 0.0801. The van der Waals surface area contributed by atoms with Gasteiger partial charge in [0.2, 0.25) is 0 Å². The molecule has 0 heterocycles. The van der Waals surface area contributed by atoms with E-state index >= 15 is 0 Å². The van der Waals surface area contributed by atoms with E-state index in [0.717, 1.165) is 23.4 Å². The number of benzene rings is 1. The molecule has 1 aromatic rings. The quantitative estimate of drug-likeness (QED) is 0.829. The SMILES string of the molecule is FC(F)(F)c1ccc(Br)c(CNC2CCCCC2)c1. The first-order valence-corrected chi connectivity index (χ1v) is 7.35. The molecule has 1 saturated carbocycles. The highest BCUT2D eigenvalue weighted by Crippen LogP contribution is 2.32. The maximum Gasteiger partial charge on any atom is 0.416 e. The maximum atomic E-state index is 12.7. The van der Waals surface area contributed by atoms with Gasteiger partial charge in [-0.15, -0.1) is 0 Å². The summed E-state index contributed by atoms with van der Waals surface area (Å²) in [5, 5.41) is 3.36. The zero-order valence-electron chi connectivity index (χ0n) is 10.6. The summed E-state index contributed by atoms with van der Waals surface area (Å²) in [5.74, 6) is 0. The first-order chi connectivity index (χ1) is 8.97. The van der Waals surface area contributed by atoms with E-state index in [0.29, 0.717) is 18.2 Å². The van der Waals surface area contributed by atoms with Crippen molar-refractivity contribution >= 4 is 15.9 Å². The molecule has 1 fully saturated rings. The molecule has 106 valence electrons. The first kappa shape index (κ1) is 14.9. The van der Waals surface area contributed by atoms with Crippen LogP contribution in [0.5, 0.6) is 0 Å². The van der Waals surface area contributed by atoms with Crippen LogP contribution in [0.4, 0.5) is 13.2 Å². The Morgan fingerprint density at radius 2 is 1.84 bits per heavy atom. The van der Waals surface area contributed by atoms with Crippen LogP contribution >= 0.6 is 15.9 Å². The van der Waals surface area contributed by atoms with E-state index < -0.39 is 11.7 Å². The lowest BCUT2D eigenvalue weighted by Gasteiger charge is -2.23. The summed E-state index contributed by atoms with van der Waals surface area (Å²) in [6.45, 7) is 0.481. The minimum Gasteiger partial charge on any atom is -0.310 e. The lowest BCUT2D eigenvalue weighted by atomic mass is 9.95. The topological polar surface area (TPSA) is 12.0 Å². The molecule has 2 rings (SSSR count). The van der Waals surface area contributed by atoms with Gasteiger partial charge in [0, 0.05) is 17.1 Å². The Kier molecular flexibility index (Phi) is 4.90. The molecule has 1 aliphatic carbocycles. The third kappa shape index (κ3) is 4.21. The molecular weight excluding hydrogens is 319 g/mol. The predicted molar refractivity (Wildman–Crippen MR) is 72.9 cm³/mol. The summed E-state index contributed by atoms with van der Waals surface area (Å²) < 4.78 is 38.7. The van der Waals surface area contributed by atoms with Gasteiger partial charge in [0.15, 0.2) is 0 Å². The molecule has 1 nitrogen and oxygen atoms in total. The number of nitrogens with one attached hydrogen (secondary N) is 1. The van der Waals surface area contributed by atoms with Crippen molar-refractivity contribution in [2.24, 2.45) is 0 Å². The molecule has 0 unspecified atom stereocenters. The van der Waals surface area contributed by atoms with Gasteiger partial charge in [-0.3, -0.25) is 0 Å². The average Bonchev–Trinajstić information content (AvgIpc) is 2.37. The number of rotatable bonds is 3. The van der Waals surface area contributed by atoms with Crippen LogP contribution in [0.3, 0.4) is 0 Å². The number of hydrogen-bond acceptors (Lipinski definition) is 1. The fourth-order valence-corrected chi connectivity index (χ4v) is 2.83. The van der Waals surface area contributed by atoms with Crippen LogP contribution in [0.15, 0.2) is 22.7 Å². The minimum absolute atomic E-state index is 0.440. The van der Waals surface area contributed by atoms with Gasteiger partial charge in [-0.05, 0) is 36.6 Å². The van der Waals surface area contributed by atoms with Crippen LogP contribution in [-0.4, -0.2) is 6.04 Å². The van der Waals surface area contributed by atoms with E-state index in [1.54, 1.807) is 0 Å². The van der Waals surface area contributed by atoms with Crippen LogP contribution in [0.1, 0.15) is 43.2 Å². The van der Waals surface area contributed by atoms with Crippen molar-refractivity contribution in [3.8, 4) is 0 Å². The second kappa shape index (κ2) is 6.27. The minimum atomic E-state index is -4.28. The van der Waals surface area contributed by atoms with Gasteiger partial charge in [-0.2, -0.15) is 13.2 Å². The Morgan fingerprint density at radius 3 is 2.47 bits per heavy atom. The van der Waals surface area contributed by atoms with Crippen LogP contribution < -0.4 is 5.32 Å². The lowest BCUT2D eigenvalue weighted by molar-refractivity contribution is -0.137. The van der Waals surface area contributed by atoms with E-state index in [1.165, 1.54) is 31.4 Å². The monoisotopic (exact) mass is 335 g/mol. The van der Waals surface area contributed by atoms with Gasteiger partial charge >= 0.3 is 6.18 Å². The summed E-state index contributed by atoms with van der Waals surface area (Å²) in [6, 6.07) is 4.24. The van der Waals surface area contributed by atoms with Gasteiger partial charge in [0.1, 0.15) is 0 Å². The highest BCUT2D eigenvalue weighted by atomic mass is 79.9. The smallest absolute Gasteiger partial charge is 0.310 e. The van der Waals surface area contributed by atoms with Crippen molar-refractivity contribution in [2.45, 2.75) is 50.9 Å². The van der Waals surface area contributed by atoms with Crippen molar-refractivity contribution in [3.05, 3.63) is 33.8 Å². The van der Waals surface area contributed by atoms with Gasteiger partial charge in [0.25, 0.3) is 0 Å². The van der Waals surface area contributed by atoms with E-state index in [1.807, 2.05) is 0 Å². The molecule has 0 bridgehead atoms. The number of hydrogen-bond donors (Lipinski definition) is 1. The van der Waals surface area contributed by atoms with Gasteiger partial charge in [0.05, 0.1) is 5.56 Å². The van der Waals surface area contributed by atoms with Crippen LogP contribution in [0.2, 0.25) is 0 Å². The second-order valence-electron chi connectivity index (χ2n) is 5.02. The first-order valence-electron chi connectivity index (χ1n) is 6.56. The molecule has 0 aromatic heterocycles. The van der Waals surface area contributed by atoms with Crippen molar-refractivity contribution in [2.75, 3.05) is 0 Å². The van der Waals surface area contributed by atoms with Crippen molar-refractivity contribution in [3.63, 3.8) is 0 Å². The van der Waals surface area contributed by atoms with Crippen LogP contribution in [0.25, 0.3) is 0 Å². The third-order valence-corrected chi connectivity index (χ3v) is 4.33. The summed E-state index contributed by atoms with van der Waals surface area (Å²) in [7, 11) is 0. The van der Waals surface area contributed by atoms with Gasteiger partial charge in [-0.25, -0.2) is 0 Å². The van der Waals surface area contributed by atoms with Crippen molar-refractivity contribution in [1.29, 1.82) is 0 Å². The van der Waals surface area contributed by atoms with Crippen LogP contribution in [-0.2, 0) is 12.7 Å². The molecule has 0 amide bonds. The molecule has 0 spiro atoms. The zero-order valence-corrected chi connectivity index (χ0v) is 12.1. The molecule has 5 heteroatoms. The molecule has 0 aliphatic heterocycles. The summed E-state index contributed by atoms with van der Waals surface area (Å²) in [4.78, 5) is 0. The van der Waals surface area contributed by atoms with Crippen molar-refractivity contribution in [1.82, 2.24) is 5.32 Å². The molecular formula is C14H17BrF3N. The Labute approximate surface area is 119 Å². The summed E-state index contributed by atoms with van der Waals surface area (Å²) >= 11 is 3.31. The molecule has 1 aliphatic rings. The van der Waals surface area contributed by atoms with E-state index in [-0.39, 0.29) is 0 Å². The molecule has 0 atom stereocenters. The van der Waals surface area contributed by atoms with Gasteiger partial charge < -0.3 is 5.32 Å². The fourth-order valence-electron chi connectivity index (χ4n) is 2.45. The van der Waals surface area contributed by atoms with E-state index in [2.05, 4.69) is 21.2 Å². The molecule has 0 saturated heterocycles. The number of alkyl halides is 3. The Balaban J connectivity index is 2.02. The molecule has 1 N–H and O–H groups in total. The van der Waals surface area contributed by atoms with Crippen molar-refractivity contribution < 1.29 is 13.2 Å². The van der Waals surface area contributed by atoms with E-state index in [9.17, 15) is 13.2 Å².